The van der Waals surface area contributed by atoms with Crippen molar-refractivity contribution < 1.29 is 162 Å². The summed E-state index contributed by atoms with van der Waals surface area (Å²) in [4.78, 5) is 0. The largest absolute Gasteiger partial charge is 2.00 e. The molecule has 8 rings (SSSR count). The molecule has 0 bridgehead atoms. The van der Waals surface area contributed by atoms with Crippen molar-refractivity contribution in [2.75, 3.05) is 0 Å². The molecule has 0 spiro atoms. The van der Waals surface area contributed by atoms with Gasteiger partial charge in [0.05, 0.1) is 58.2 Å². The molecule has 5 aromatic carbocycles. The van der Waals surface area contributed by atoms with Crippen LogP contribution in [-0.4, -0.2) is 12.9 Å². The summed E-state index contributed by atoms with van der Waals surface area (Å²) in [5, 5.41) is 0. The van der Waals surface area contributed by atoms with E-state index in [-0.39, 0.29) is 64.7 Å². The molecule has 0 nitrogen and oxygen atoms in total. The number of benzene rings is 5. The molecule has 0 saturated heterocycles. The average Bonchev–Trinajstić information content (AvgIpc) is 4.26. The minimum Gasteiger partial charge on any atom is -0.278 e. The van der Waals surface area contributed by atoms with E-state index in [2.05, 4.69) is 39.5 Å². The Kier molecular flexibility index (Phi) is 27.2. The van der Waals surface area contributed by atoms with Gasteiger partial charge in [0, 0.05) is 26.2 Å². The first-order valence-corrected chi connectivity index (χ1v) is 20.9. The smallest absolute Gasteiger partial charge is 0.278 e. The van der Waals surface area contributed by atoms with E-state index < -0.39 is 181 Å². The predicted octanol–water partition coefficient (Wildman–Crippen LogP) is 13.6. The van der Waals surface area contributed by atoms with Crippen LogP contribution in [0.5, 0.6) is 0 Å². The van der Waals surface area contributed by atoms with Crippen LogP contribution in [0.25, 0.3) is 0 Å². The third-order valence-corrected chi connectivity index (χ3v) is 10.7. The number of rotatable bonds is 7. The minimum atomic E-state index is -5.66. The van der Waals surface area contributed by atoms with Gasteiger partial charge in [0.1, 0.15) is 41.0 Å². The van der Waals surface area contributed by atoms with Crippen LogP contribution in [0.2, 0.25) is 6.32 Å². The summed E-state index contributed by atoms with van der Waals surface area (Å²) < 4.78 is 340. The molecule has 10 radical (unpaired) electrons. The van der Waals surface area contributed by atoms with Gasteiger partial charge in [-0.25, -0.2) is 98.2 Å². The summed E-state index contributed by atoms with van der Waals surface area (Å²) in [6, 6.07) is 2.05. The second-order valence-corrected chi connectivity index (χ2v) is 15.6. The van der Waals surface area contributed by atoms with E-state index in [0.29, 0.717) is 6.08 Å². The molecule has 0 N–H and O–H groups in total. The molecule has 0 atom stereocenters. The zero-order chi connectivity index (χ0) is 58.1. The third kappa shape index (κ3) is 15.7. The number of hydrogen-bond donors (Lipinski definition) is 0. The SMILES string of the molecule is C[C]1[CH][CH][CH][CH]1.C[C]1[CH][CH][CH][CH]1.Fc1[c-]c(F)c(F)c(F)c1F.Fc1[c-]c(F)c(F)c(F)c1F.Fc1c(F)c(F)c([B-](/C=C/CCB2C=CC=C2)(c2c(F)c(F)c(F)c(F)c2F)c2c(F)c(F)c(F)c(F)c2F)c(F)c1F.[Zr+2].[Zr]. The Hall–Kier alpha value is -4.53. The second-order valence-electron chi connectivity index (χ2n) is 15.6. The van der Waals surface area contributed by atoms with Crippen LogP contribution in [0.1, 0.15) is 20.3 Å². The summed E-state index contributed by atoms with van der Waals surface area (Å²) in [6.45, 7) is 3.75. The molecule has 2 aliphatic carbocycles. The molecule has 0 aromatic heterocycles. The fourth-order valence-corrected chi connectivity index (χ4v) is 6.98. The molecule has 0 unspecified atom stereocenters. The van der Waals surface area contributed by atoms with Gasteiger partial charge in [-0.3, -0.25) is 17.6 Å². The molecule has 3 aliphatic rings. The Balaban J connectivity index is 0.000000471. The van der Waals surface area contributed by atoms with Crippen LogP contribution in [0.15, 0.2) is 36.2 Å². The van der Waals surface area contributed by atoms with Crippen LogP contribution in [0.4, 0.5) is 110 Å². The molecule has 79 heavy (non-hydrogen) atoms. The molecule has 2 fully saturated rings. The maximum Gasteiger partial charge on any atom is 2.00 e. The maximum absolute atomic E-state index is 15.3. The maximum atomic E-state index is 15.3. The molecule has 1 aliphatic heterocycles. The first kappa shape index (κ1) is 70.6. The Labute approximate surface area is 472 Å². The van der Waals surface area contributed by atoms with Crippen molar-refractivity contribution in [2.24, 2.45) is 0 Å². The van der Waals surface area contributed by atoms with Crippen LogP contribution in [0, 0.1) is 221 Å². The standard InChI is InChI=1S/C26H10B2F15.2C6F5.2C6H7.2Zr/c29-12-9(13(30)19(36)24(41)18(12)35)28(8-4-3-7-27-5-1-2-6-27,10-14(31)20(37)25(42)21(38)15(10)32)11-16(33)22(39)26(43)23(40)17(11)34;2*7-2-1-3(8)5(10)6(11)4(2)9;2*1-6-4-2-3-5-6;;/h1-2,4-6,8H,3,7H2;;;2*2-5H,1H3;;/q3*-1;;;;+2/b8-4+;;;;;;. The summed E-state index contributed by atoms with van der Waals surface area (Å²) in [5.74, 6) is -59.6. The van der Waals surface area contributed by atoms with Crippen molar-refractivity contribution >= 4 is 29.2 Å². The zero-order valence-corrected chi connectivity index (χ0v) is 44.0. The topological polar surface area (TPSA) is 0 Å². The Morgan fingerprint density at radius 1 is 0.354 bits per heavy atom. The first-order chi connectivity index (χ1) is 36.0. The van der Waals surface area contributed by atoms with Crippen LogP contribution < -0.4 is 16.4 Å². The van der Waals surface area contributed by atoms with Crippen LogP contribution >= 0.6 is 0 Å². The normalized spacial score (nSPS) is 14.0. The predicted molar refractivity (Wildman–Crippen MR) is 228 cm³/mol. The van der Waals surface area contributed by atoms with E-state index in [1.54, 1.807) is 24.1 Å². The summed E-state index contributed by atoms with van der Waals surface area (Å²) in [6.07, 6.45) is 14.0. The van der Waals surface area contributed by atoms with E-state index in [9.17, 15) is 83.4 Å². The Bertz CT molecular complexity index is 2670. The van der Waals surface area contributed by atoms with Gasteiger partial charge in [0.25, 0.3) is 0 Å². The fraction of sp³-hybridized carbons (Fsp3) is 0.0800. The third-order valence-electron chi connectivity index (χ3n) is 10.7. The van der Waals surface area contributed by atoms with Gasteiger partial charge < -0.3 is 0 Å². The van der Waals surface area contributed by atoms with E-state index >= 15 is 26.3 Å². The quantitative estimate of drug-likeness (QED) is 0.0501. The Morgan fingerprint density at radius 3 is 0.785 bits per heavy atom. The van der Waals surface area contributed by atoms with Gasteiger partial charge in [-0.05, 0) is 69.6 Å². The summed E-state index contributed by atoms with van der Waals surface area (Å²) in [5.41, 5.74) is -7.96. The van der Waals surface area contributed by atoms with Crippen LogP contribution in [0.3, 0.4) is 0 Å². The van der Waals surface area contributed by atoms with Crippen molar-refractivity contribution in [1.82, 2.24) is 0 Å². The second kappa shape index (κ2) is 30.5. The minimum absolute atomic E-state index is 0. The van der Waals surface area contributed by atoms with Crippen molar-refractivity contribution in [1.29, 1.82) is 0 Å². The van der Waals surface area contributed by atoms with Gasteiger partial charge in [-0.1, -0.05) is 32.3 Å². The van der Waals surface area contributed by atoms with Crippen molar-refractivity contribution in [3.63, 3.8) is 0 Å². The van der Waals surface area contributed by atoms with Crippen LogP contribution in [-0.2, 0) is 52.4 Å². The van der Waals surface area contributed by atoms with Gasteiger partial charge in [-0.15, -0.1) is 46.5 Å². The monoisotopic (exact) mass is 1300 g/mol. The van der Waals surface area contributed by atoms with E-state index in [1.807, 2.05) is 25.7 Å². The fourth-order valence-electron chi connectivity index (χ4n) is 6.98. The van der Waals surface area contributed by atoms with E-state index in [4.69, 9.17) is 0 Å². The zero-order valence-electron chi connectivity index (χ0n) is 39.1. The molecular formula is C50H24B2F25Zr2-. The molecule has 414 valence electrons. The van der Waals surface area contributed by atoms with Gasteiger partial charge in [0.15, 0.2) is 59.1 Å². The summed E-state index contributed by atoms with van der Waals surface area (Å²) in [7, 11) is 0. The van der Waals surface area contributed by atoms with E-state index in [0.717, 1.165) is 12.1 Å². The average molecular weight is 1300 g/mol. The summed E-state index contributed by atoms with van der Waals surface area (Å²) >= 11 is 0. The van der Waals surface area contributed by atoms with Crippen molar-refractivity contribution in [3.05, 3.63) is 257 Å². The molecule has 29 heteroatoms. The number of allylic oxidation sites excluding steroid dienone is 3. The molecule has 1 heterocycles. The van der Waals surface area contributed by atoms with Crippen molar-refractivity contribution in [3.8, 4) is 0 Å². The van der Waals surface area contributed by atoms with Gasteiger partial charge in [0.2, 0.25) is 0 Å². The first-order valence-electron chi connectivity index (χ1n) is 20.9. The molecular weight excluding hydrogens is 1280 g/mol. The van der Waals surface area contributed by atoms with Gasteiger partial charge in [-0.2, -0.15) is 0 Å². The molecule has 0 amide bonds. The van der Waals surface area contributed by atoms with Gasteiger partial charge >= 0.3 is 26.2 Å². The van der Waals surface area contributed by atoms with E-state index in [1.165, 1.54) is 11.8 Å². The Morgan fingerprint density at radius 2 is 0.570 bits per heavy atom. The number of halogens is 25. The van der Waals surface area contributed by atoms with Crippen molar-refractivity contribution in [2.45, 2.75) is 26.6 Å². The molecule has 5 aromatic rings. The molecule has 2 saturated carbocycles. The number of hydrogen-bond acceptors (Lipinski definition) is 0.